The van der Waals surface area contributed by atoms with Gasteiger partial charge in [-0.3, -0.25) is 4.79 Å². The lowest BCUT2D eigenvalue weighted by atomic mass is 9.64. The van der Waals surface area contributed by atoms with E-state index in [9.17, 15) is 4.79 Å². The van der Waals surface area contributed by atoms with Crippen LogP contribution in [0.15, 0.2) is 60.7 Å². The van der Waals surface area contributed by atoms with E-state index < -0.39 is 5.41 Å². The molecule has 0 saturated heterocycles. The molecule has 0 saturated carbocycles. The van der Waals surface area contributed by atoms with E-state index in [-0.39, 0.29) is 11.7 Å². The Hall–Kier alpha value is -1.89. The van der Waals surface area contributed by atoms with Crippen molar-refractivity contribution in [2.24, 2.45) is 5.92 Å². The molecule has 0 atom stereocenters. The van der Waals surface area contributed by atoms with Crippen LogP contribution in [0.4, 0.5) is 0 Å². The molecular weight excluding hydrogens is 232 g/mol. The first-order chi connectivity index (χ1) is 9.10. The number of benzene rings is 2. The van der Waals surface area contributed by atoms with Crippen molar-refractivity contribution in [1.29, 1.82) is 0 Å². The number of carbonyl (C=O) groups is 1. The molecule has 0 aliphatic heterocycles. The van der Waals surface area contributed by atoms with Crippen LogP contribution in [0.5, 0.6) is 0 Å². The van der Waals surface area contributed by atoms with Crippen LogP contribution < -0.4 is 0 Å². The van der Waals surface area contributed by atoms with Gasteiger partial charge < -0.3 is 0 Å². The fraction of sp³-hybridized carbons (Fsp3) is 0.278. The van der Waals surface area contributed by atoms with Crippen LogP contribution in [-0.2, 0) is 10.2 Å². The number of Topliss-reactive ketones (excluding diaryl/α,β-unsaturated/α-hetero) is 1. The Morgan fingerprint density at radius 1 is 0.842 bits per heavy atom. The molecule has 0 fully saturated rings. The molecule has 0 N–H and O–H groups in total. The molecule has 0 heterocycles. The predicted octanol–water partition coefficient (Wildman–Crippen LogP) is 4.22. The maximum Gasteiger partial charge on any atom is 0.144 e. The Morgan fingerprint density at radius 2 is 1.21 bits per heavy atom. The highest BCUT2D eigenvalue weighted by Gasteiger charge is 2.41. The summed E-state index contributed by atoms with van der Waals surface area (Å²) in [6.45, 7) is 5.92. The summed E-state index contributed by atoms with van der Waals surface area (Å²) in [5, 5.41) is 0. The average molecular weight is 252 g/mol. The molecule has 0 aliphatic rings. The van der Waals surface area contributed by atoms with Crippen LogP contribution in [0.2, 0.25) is 0 Å². The van der Waals surface area contributed by atoms with Gasteiger partial charge in [-0.2, -0.15) is 0 Å². The Kier molecular flexibility index (Phi) is 3.84. The Bertz CT molecular complexity index is 501. The molecule has 0 aromatic heterocycles. The summed E-state index contributed by atoms with van der Waals surface area (Å²) in [7, 11) is 0. The van der Waals surface area contributed by atoms with E-state index in [1.165, 1.54) is 0 Å². The molecule has 2 rings (SSSR count). The number of carbonyl (C=O) groups excluding carboxylic acids is 1. The number of rotatable bonds is 4. The van der Waals surface area contributed by atoms with Crippen LogP contribution in [0.25, 0.3) is 0 Å². The zero-order chi connectivity index (χ0) is 13.9. The minimum Gasteiger partial charge on any atom is -0.299 e. The van der Waals surface area contributed by atoms with Crippen LogP contribution in [-0.4, -0.2) is 5.78 Å². The summed E-state index contributed by atoms with van der Waals surface area (Å²) in [5.41, 5.74) is 1.59. The minimum absolute atomic E-state index is 0.194. The molecule has 1 nitrogen and oxygen atoms in total. The molecule has 0 unspecified atom stereocenters. The first-order valence-corrected chi connectivity index (χ1v) is 6.72. The Balaban J connectivity index is 2.73. The van der Waals surface area contributed by atoms with Gasteiger partial charge in [-0.15, -0.1) is 0 Å². The van der Waals surface area contributed by atoms with Crippen LogP contribution in [0.3, 0.4) is 0 Å². The fourth-order valence-electron chi connectivity index (χ4n) is 3.05. The van der Waals surface area contributed by atoms with Crippen molar-refractivity contribution in [2.75, 3.05) is 0 Å². The van der Waals surface area contributed by atoms with Crippen LogP contribution in [0.1, 0.15) is 31.9 Å². The van der Waals surface area contributed by atoms with Crippen molar-refractivity contribution in [1.82, 2.24) is 0 Å². The third-order valence-electron chi connectivity index (χ3n) is 3.88. The van der Waals surface area contributed by atoms with Crippen molar-refractivity contribution in [3.63, 3.8) is 0 Å². The molecule has 2 aromatic carbocycles. The molecule has 1 heteroatoms. The first-order valence-electron chi connectivity index (χ1n) is 6.72. The number of hydrogen-bond donors (Lipinski definition) is 0. The summed E-state index contributed by atoms with van der Waals surface area (Å²) >= 11 is 0. The normalized spacial score (nSPS) is 11.6. The van der Waals surface area contributed by atoms with Crippen molar-refractivity contribution >= 4 is 5.78 Å². The summed E-state index contributed by atoms with van der Waals surface area (Å²) in [6.07, 6.45) is 0. The average Bonchev–Trinajstić information content (AvgIpc) is 2.41. The fourth-order valence-corrected chi connectivity index (χ4v) is 3.05. The van der Waals surface area contributed by atoms with Gasteiger partial charge in [-0.1, -0.05) is 74.5 Å². The van der Waals surface area contributed by atoms with Crippen molar-refractivity contribution < 1.29 is 4.79 Å². The van der Waals surface area contributed by atoms with Crippen molar-refractivity contribution in [3.05, 3.63) is 71.8 Å². The number of ketones is 1. The summed E-state index contributed by atoms with van der Waals surface area (Å²) < 4.78 is 0. The standard InChI is InChI=1S/C18H20O/c1-14(2)18(15(3)19,16-10-6-4-7-11-16)17-12-8-5-9-13-17/h4-14H,1-3H3. The van der Waals surface area contributed by atoms with Gasteiger partial charge in [-0.05, 0) is 24.0 Å². The summed E-state index contributed by atoms with van der Waals surface area (Å²) in [6, 6.07) is 20.2. The van der Waals surface area contributed by atoms with Gasteiger partial charge in [0.2, 0.25) is 0 Å². The van der Waals surface area contributed by atoms with Gasteiger partial charge in [0.1, 0.15) is 5.78 Å². The minimum atomic E-state index is -0.553. The quantitative estimate of drug-likeness (QED) is 0.796. The maximum absolute atomic E-state index is 12.5. The van der Waals surface area contributed by atoms with E-state index in [1.54, 1.807) is 6.92 Å². The Morgan fingerprint density at radius 3 is 1.47 bits per heavy atom. The maximum atomic E-state index is 12.5. The third kappa shape index (κ3) is 2.21. The summed E-state index contributed by atoms with van der Waals surface area (Å²) in [5.74, 6) is 0.398. The molecule has 0 aliphatic carbocycles. The van der Waals surface area contributed by atoms with Crippen LogP contribution in [0, 0.1) is 5.92 Å². The van der Waals surface area contributed by atoms with E-state index in [2.05, 4.69) is 38.1 Å². The SMILES string of the molecule is CC(=O)C(c1ccccc1)(c1ccccc1)C(C)C. The molecule has 0 spiro atoms. The van der Waals surface area contributed by atoms with E-state index in [0.717, 1.165) is 11.1 Å². The first kappa shape index (κ1) is 13.5. The lowest BCUT2D eigenvalue weighted by Gasteiger charge is -2.36. The second-order valence-electron chi connectivity index (χ2n) is 5.25. The predicted molar refractivity (Wildman–Crippen MR) is 79.2 cm³/mol. The molecule has 98 valence electrons. The lowest BCUT2D eigenvalue weighted by Crippen LogP contribution is -2.40. The Labute approximate surface area is 115 Å². The van der Waals surface area contributed by atoms with Crippen molar-refractivity contribution in [2.45, 2.75) is 26.2 Å². The van der Waals surface area contributed by atoms with E-state index >= 15 is 0 Å². The van der Waals surface area contributed by atoms with Gasteiger partial charge in [-0.25, -0.2) is 0 Å². The topological polar surface area (TPSA) is 17.1 Å². The van der Waals surface area contributed by atoms with Crippen LogP contribution >= 0.6 is 0 Å². The largest absolute Gasteiger partial charge is 0.299 e. The number of hydrogen-bond acceptors (Lipinski definition) is 1. The van der Waals surface area contributed by atoms with E-state index in [4.69, 9.17) is 0 Å². The summed E-state index contributed by atoms with van der Waals surface area (Å²) in [4.78, 5) is 12.5. The zero-order valence-corrected chi connectivity index (χ0v) is 11.8. The molecular formula is C18H20O. The molecule has 0 radical (unpaired) electrons. The lowest BCUT2D eigenvalue weighted by molar-refractivity contribution is -0.122. The molecule has 0 bridgehead atoms. The monoisotopic (exact) mass is 252 g/mol. The van der Waals surface area contributed by atoms with Crippen molar-refractivity contribution in [3.8, 4) is 0 Å². The van der Waals surface area contributed by atoms with E-state index in [1.807, 2.05) is 36.4 Å². The van der Waals surface area contributed by atoms with E-state index in [0.29, 0.717) is 0 Å². The molecule has 0 amide bonds. The van der Waals surface area contributed by atoms with Gasteiger partial charge in [0.05, 0.1) is 5.41 Å². The molecule has 19 heavy (non-hydrogen) atoms. The second kappa shape index (κ2) is 5.40. The van der Waals surface area contributed by atoms with Gasteiger partial charge in [0.15, 0.2) is 0 Å². The van der Waals surface area contributed by atoms with Gasteiger partial charge >= 0.3 is 0 Å². The third-order valence-corrected chi connectivity index (χ3v) is 3.88. The highest BCUT2D eigenvalue weighted by molar-refractivity contribution is 5.92. The second-order valence-corrected chi connectivity index (χ2v) is 5.25. The molecule has 2 aromatic rings. The smallest absolute Gasteiger partial charge is 0.144 e. The van der Waals surface area contributed by atoms with Gasteiger partial charge in [0, 0.05) is 0 Å². The zero-order valence-electron chi connectivity index (χ0n) is 11.8. The highest BCUT2D eigenvalue weighted by atomic mass is 16.1. The highest BCUT2D eigenvalue weighted by Crippen LogP contribution is 2.40. The van der Waals surface area contributed by atoms with Gasteiger partial charge in [0.25, 0.3) is 0 Å².